The SMILES string of the molecule is CSc1ccccc1CN1CCC(CNS(=O)(=O)c2ccc(C)c(Cl)c2)CC1. The van der Waals surface area contributed by atoms with Gasteiger partial charge < -0.3 is 0 Å². The molecule has 0 radical (unpaired) electrons. The van der Waals surface area contributed by atoms with E-state index in [1.807, 2.05) is 6.92 Å². The Morgan fingerprint density at radius 1 is 1.18 bits per heavy atom. The van der Waals surface area contributed by atoms with Crippen LogP contribution in [-0.2, 0) is 16.6 Å². The first-order valence-corrected chi connectivity index (χ1v) is 12.6. The highest BCUT2D eigenvalue weighted by molar-refractivity contribution is 7.98. The van der Waals surface area contributed by atoms with Crippen LogP contribution in [-0.4, -0.2) is 39.2 Å². The molecule has 0 unspecified atom stereocenters. The highest BCUT2D eigenvalue weighted by Gasteiger charge is 2.22. The zero-order valence-electron chi connectivity index (χ0n) is 16.3. The Balaban J connectivity index is 1.51. The molecule has 2 aromatic rings. The van der Waals surface area contributed by atoms with Gasteiger partial charge in [-0.15, -0.1) is 11.8 Å². The van der Waals surface area contributed by atoms with E-state index >= 15 is 0 Å². The molecule has 28 heavy (non-hydrogen) atoms. The van der Waals surface area contributed by atoms with Gasteiger partial charge in [-0.05, 0) is 74.4 Å². The third-order valence-electron chi connectivity index (χ3n) is 5.31. The molecule has 4 nitrogen and oxygen atoms in total. The standard InChI is InChI=1S/C21H27ClN2O2S2/c1-16-7-8-19(13-20(16)22)28(25,26)23-14-17-9-11-24(12-10-17)15-18-5-3-4-6-21(18)27-2/h3-8,13,17,23H,9-12,14-15H2,1-2H3. The number of thioether (sulfide) groups is 1. The molecule has 0 saturated carbocycles. The molecule has 0 spiro atoms. The van der Waals surface area contributed by atoms with E-state index in [1.165, 1.54) is 16.5 Å². The predicted molar refractivity (Wildman–Crippen MR) is 118 cm³/mol. The van der Waals surface area contributed by atoms with Crippen LogP contribution in [0.15, 0.2) is 52.3 Å². The molecule has 0 bridgehead atoms. The second kappa shape index (κ2) is 9.63. The van der Waals surface area contributed by atoms with Crippen LogP contribution in [0.5, 0.6) is 0 Å². The summed E-state index contributed by atoms with van der Waals surface area (Å²) in [6, 6.07) is 13.4. The number of piperidine rings is 1. The minimum absolute atomic E-state index is 0.231. The summed E-state index contributed by atoms with van der Waals surface area (Å²) < 4.78 is 27.8. The first-order chi connectivity index (χ1) is 13.4. The van der Waals surface area contributed by atoms with E-state index in [4.69, 9.17) is 11.6 Å². The molecule has 7 heteroatoms. The molecule has 1 aliphatic heterocycles. The smallest absolute Gasteiger partial charge is 0.240 e. The zero-order valence-corrected chi connectivity index (χ0v) is 18.7. The molecule has 0 aromatic heterocycles. The number of likely N-dealkylation sites (tertiary alicyclic amines) is 1. The van der Waals surface area contributed by atoms with E-state index < -0.39 is 10.0 Å². The monoisotopic (exact) mass is 438 g/mol. The first kappa shape index (κ1) is 21.7. The molecule has 3 rings (SSSR count). The lowest BCUT2D eigenvalue weighted by Crippen LogP contribution is -2.38. The third-order valence-corrected chi connectivity index (χ3v) is 7.98. The van der Waals surface area contributed by atoms with Crippen LogP contribution in [0.3, 0.4) is 0 Å². The first-order valence-electron chi connectivity index (χ1n) is 9.49. The van der Waals surface area contributed by atoms with Crippen molar-refractivity contribution in [3.05, 3.63) is 58.6 Å². The van der Waals surface area contributed by atoms with Crippen molar-refractivity contribution >= 4 is 33.4 Å². The van der Waals surface area contributed by atoms with Crippen LogP contribution >= 0.6 is 23.4 Å². The van der Waals surface area contributed by atoms with E-state index in [9.17, 15) is 8.42 Å². The van der Waals surface area contributed by atoms with Gasteiger partial charge in [0.05, 0.1) is 4.90 Å². The van der Waals surface area contributed by atoms with Crippen molar-refractivity contribution in [3.63, 3.8) is 0 Å². The van der Waals surface area contributed by atoms with Crippen molar-refractivity contribution in [2.45, 2.75) is 36.1 Å². The number of sulfonamides is 1. The van der Waals surface area contributed by atoms with Gasteiger partial charge in [0.1, 0.15) is 0 Å². The van der Waals surface area contributed by atoms with Gasteiger partial charge in [0.15, 0.2) is 0 Å². The van der Waals surface area contributed by atoms with Crippen LogP contribution in [0.4, 0.5) is 0 Å². The zero-order chi connectivity index (χ0) is 20.1. The lowest BCUT2D eigenvalue weighted by molar-refractivity contribution is 0.177. The lowest BCUT2D eigenvalue weighted by atomic mass is 9.97. The van der Waals surface area contributed by atoms with Crippen molar-refractivity contribution in [1.29, 1.82) is 0 Å². The van der Waals surface area contributed by atoms with Crippen molar-refractivity contribution in [3.8, 4) is 0 Å². The molecule has 0 aliphatic carbocycles. The van der Waals surface area contributed by atoms with Gasteiger partial charge in [0, 0.05) is 23.0 Å². The molecular weight excluding hydrogens is 412 g/mol. The van der Waals surface area contributed by atoms with E-state index in [2.05, 4.69) is 40.1 Å². The Morgan fingerprint density at radius 2 is 1.89 bits per heavy atom. The van der Waals surface area contributed by atoms with Crippen LogP contribution in [0.25, 0.3) is 0 Å². The fraction of sp³-hybridized carbons (Fsp3) is 0.429. The van der Waals surface area contributed by atoms with Gasteiger partial charge >= 0.3 is 0 Å². The van der Waals surface area contributed by atoms with E-state index in [0.717, 1.165) is 38.0 Å². The number of nitrogens with one attached hydrogen (secondary N) is 1. The average Bonchev–Trinajstić information content (AvgIpc) is 2.70. The molecule has 1 aliphatic rings. The lowest BCUT2D eigenvalue weighted by Gasteiger charge is -2.32. The molecular formula is C21H27ClN2O2S2. The number of nitrogens with zero attached hydrogens (tertiary/aromatic N) is 1. The van der Waals surface area contributed by atoms with E-state index in [1.54, 1.807) is 23.9 Å². The van der Waals surface area contributed by atoms with Crippen molar-refractivity contribution in [1.82, 2.24) is 9.62 Å². The number of hydrogen-bond donors (Lipinski definition) is 1. The predicted octanol–water partition coefficient (Wildman–Crippen LogP) is 4.56. The second-order valence-corrected chi connectivity index (χ2v) is 10.3. The second-order valence-electron chi connectivity index (χ2n) is 7.29. The maximum Gasteiger partial charge on any atom is 0.240 e. The van der Waals surface area contributed by atoms with E-state index in [0.29, 0.717) is 17.5 Å². The van der Waals surface area contributed by atoms with Gasteiger partial charge in [-0.3, -0.25) is 4.90 Å². The highest BCUT2D eigenvalue weighted by atomic mass is 35.5. The Labute approximate surface area is 177 Å². The minimum atomic E-state index is -3.52. The Kier molecular flexibility index (Phi) is 7.45. The summed E-state index contributed by atoms with van der Waals surface area (Å²) in [6.07, 6.45) is 4.11. The van der Waals surface area contributed by atoms with Crippen molar-refractivity contribution in [2.75, 3.05) is 25.9 Å². The largest absolute Gasteiger partial charge is 0.299 e. The Hall–Kier alpha value is -1.05. The number of aryl methyl sites for hydroxylation is 1. The quantitative estimate of drug-likeness (QED) is 0.643. The summed E-state index contributed by atoms with van der Waals surface area (Å²) in [5.74, 6) is 0.364. The van der Waals surface area contributed by atoms with Crippen molar-refractivity contribution in [2.24, 2.45) is 5.92 Å². The number of halogens is 1. The van der Waals surface area contributed by atoms with Gasteiger partial charge in [-0.2, -0.15) is 0 Å². The summed E-state index contributed by atoms with van der Waals surface area (Å²) >= 11 is 7.86. The van der Waals surface area contributed by atoms with Gasteiger partial charge in [-0.1, -0.05) is 35.9 Å². The molecule has 0 amide bonds. The van der Waals surface area contributed by atoms with Crippen LogP contribution < -0.4 is 4.72 Å². The molecule has 1 N–H and O–H groups in total. The summed E-state index contributed by atoms with van der Waals surface area (Å²) in [6.45, 7) is 5.27. The molecule has 152 valence electrons. The molecule has 2 aromatic carbocycles. The van der Waals surface area contributed by atoms with Crippen LogP contribution in [0.2, 0.25) is 5.02 Å². The molecule has 1 fully saturated rings. The number of benzene rings is 2. The van der Waals surface area contributed by atoms with Gasteiger partial charge in [0.25, 0.3) is 0 Å². The fourth-order valence-electron chi connectivity index (χ4n) is 3.47. The highest BCUT2D eigenvalue weighted by Crippen LogP contribution is 2.25. The topological polar surface area (TPSA) is 49.4 Å². The number of rotatable bonds is 7. The maximum absolute atomic E-state index is 12.5. The normalized spacial score (nSPS) is 16.4. The van der Waals surface area contributed by atoms with Crippen molar-refractivity contribution < 1.29 is 8.42 Å². The molecule has 0 atom stereocenters. The third kappa shape index (κ3) is 5.51. The minimum Gasteiger partial charge on any atom is -0.299 e. The van der Waals surface area contributed by atoms with E-state index in [-0.39, 0.29) is 4.90 Å². The molecule has 1 saturated heterocycles. The number of hydrogen-bond acceptors (Lipinski definition) is 4. The van der Waals surface area contributed by atoms with Crippen LogP contribution in [0, 0.1) is 12.8 Å². The summed E-state index contributed by atoms with van der Waals surface area (Å²) in [4.78, 5) is 4.02. The van der Waals surface area contributed by atoms with Gasteiger partial charge in [0.2, 0.25) is 10.0 Å². The maximum atomic E-state index is 12.5. The van der Waals surface area contributed by atoms with Gasteiger partial charge in [-0.25, -0.2) is 13.1 Å². The summed E-state index contributed by atoms with van der Waals surface area (Å²) in [5.41, 5.74) is 2.24. The Morgan fingerprint density at radius 3 is 2.57 bits per heavy atom. The summed E-state index contributed by atoms with van der Waals surface area (Å²) in [7, 11) is -3.52. The molecule has 1 heterocycles. The average molecular weight is 439 g/mol. The summed E-state index contributed by atoms with van der Waals surface area (Å²) in [5, 5.41) is 0.474. The fourth-order valence-corrected chi connectivity index (χ4v) is 5.47. The van der Waals surface area contributed by atoms with Crippen LogP contribution in [0.1, 0.15) is 24.0 Å². The Bertz CT molecular complexity index is 910.